The van der Waals surface area contributed by atoms with Crippen LogP contribution in [0.5, 0.6) is 0 Å². The predicted octanol–water partition coefficient (Wildman–Crippen LogP) is 3.34. The second kappa shape index (κ2) is 6.58. The van der Waals surface area contributed by atoms with Crippen molar-refractivity contribution in [2.24, 2.45) is 0 Å². The summed E-state index contributed by atoms with van der Waals surface area (Å²) in [6.45, 7) is 9.77. The lowest BCUT2D eigenvalue weighted by atomic mass is 10.1. The van der Waals surface area contributed by atoms with Gasteiger partial charge in [0.15, 0.2) is 5.82 Å². The van der Waals surface area contributed by atoms with Gasteiger partial charge in [0.2, 0.25) is 0 Å². The van der Waals surface area contributed by atoms with Crippen LogP contribution in [0, 0.1) is 6.92 Å². The monoisotopic (exact) mass is 340 g/mol. The highest BCUT2D eigenvalue weighted by molar-refractivity contribution is 7.90. The van der Waals surface area contributed by atoms with Gasteiger partial charge in [-0.2, -0.15) is 5.10 Å². The van der Waals surface area contributed by atoms with Gasteiger partial charge in [0.1, 0.15) is 4.75 Å². The number of halogens is 1. The molecule has 2 aromatic rings. The van der Waals surface area contributed by atoms with Crippen LogP contribution in [-0.2, 0) is 11.4 Å². The zero-order valence-electron chi connectivity index (χ0n) is 13.4. The Morgan fingerprint density at radius 1 is 1.36 bits per heavy atom. The van der Waals surface area contributed by atoms with Crippen molar-refractivity contribution in [3.63, 3.8) is 0 Å². The van der Waals surface area contributed by atoms with Gasteiger partial charge in [0.25, 0.3) is 0 Å². The third-order valence-corrected chi connectivity index (χ3v) is 5.06. The lowest BCUT2D eigenvalue weighted by molar-refractivity contribution is 0.531. The van der Waals surface area contributed by atoms with Crippen LogP contribution in [-0.4, -0.2) is 24.1 Å². The average Bonchev–Trinajstić information content (AvgIpc) is 2.83. The molecule has 120 valence electrons. The first-order valence-electron chi connectivity index (χ1n) is 7.03. The topological polar surface area (TPSA) is 65.8 Å². The number of pyridine rings is 1. The van der Waals surface area contributed by atoms with E-state index in [0.29, 0.717) is 5.02 Å². The molecule has 0 amide bonds. The summed E-state index contributed by atoms with van der Waals surface area (Å²) >= 11 is 4.76. The first kappa shape index (κ1) is 17.3. The Morgan fingerprint density at radius 2 is 2.05 bits per heavy atom. The van der Waals surface area contributed by atoms with E-state index >= 15 is 0 Å². The summed E-state index contributed by atoms with van der Waals surface area (Å²) in [7, 11) is 0. The minimum absolute atomic E-state index is 0.0542. The number of hydrogen-bond acceptors (Lipinski definition) is 4. The molecule has 5 nitrogen and oxygen atoms in total. The van der Waals surface area contributed by atoms with Crippen LogP contribution in [0.4, 0.5) is 0 Å². The van der Waals surface area contributed by atoms with Crippen LogP contribution < -0.4 is 4.72 Å². The van der Waals surface area contributed by atoms with Gasteiger partial charge < -0.3 is 4.55 Å². The maximum absolute atomic E-state index is 12.2. The molecule has 2 atom stereocenters. The van der Waals surface area contributed by atoms with Gasteiger partial charge in [-0.25, -0.2) is 9.67 Å². The fraction of sp³-hybridized carbons (Fsp3) is 0.467. The quantitative estimate of drug-likeness (QED) is 0.867. The Morgan fingerprint density at radius 3 is 2.55 bits per heavy atom. The lowest BCUT2D eigenvalue weighted by Gasteiger charge is -2.26. The molecule has 0 aliphatic rings. The Kier molecular flexibility index (Phi) is 5.17. The van der Waals surface area contributed by atoms with Crippen molar-refractivity contribution in [2.45, 2.75) is 45.4 Å². The molecule has 1 unspecified atom stereocenters. The van der Waals surface area contributed by atoms with Crippen molar-refractivity contribution in [2.75, 3.05) is 0 Å². The van der Waals surface area contributed by atoms with Gasteiger partial charge >= 0.3 is 0 Å². The molecule has 7 heteroatoms. The molecule has 0 aliphatic carbocycles. The van der Waals surface area contributed by atoms with Crippen LogP contribution in [0.3, 0.4) is 0 Å². The highest BCUT2D eigenvalue weighted by Crippen LogP contribution is 2.22. The molecule has 2 rings (SSSR count). The maximum atomic E-state index is 12.2. The fourth-order valence-electron chi connectivity index (χ4n) is 1.89. The summed E-state index contributed by atoms with van der Waals surface area (Å²) in [5.74, 6) is 0.736. The molecule has 1 N–H and O–H groups in total. The molecule has 0 saturated carbocycles. The number of aryl methyl sites for hydroxylation is 1. The largest absolute Gasteiger partial charge is 0.598 e. The number of hydrogen-bond donors (Lipinski definition) is 1. The van der Waals surface area contributed by atoms with E-state index in [4.69, 9.17) is 11.6 Å². The van der Waals surface area contributed by atoms with Crippen molar-refractivity contribution >= 4 is 23.0 Å². The third-order valence-electron chi connectivity index (χ3n) is 3.18. The standard InChI is InChI=1S/C15H21ClN4OS/c1-10-6-12(11(2)19-22(21)15(3,4)5)7-17-14(10)20-9-13(16)8-18-20/h6-9,11,19H,1-5H3/t11-,22?/m1/s1. The second-order valence-electron chi connectivity index (χ2n) is 6.23. The fourth-order valence-corrected chi connectivity index (χ4v) is 2.83. The summed E-state index contributed by atoms with van der Waals surface area (Å²) in [5, 5.41) is 4.73. The second-order valence-corrected chi connectivity index (χ2v) is 8.67. The molecule has 0 radical (unpaired) electrons. The molecular formula is C15H21ClN4OS. The van der Waals surface area contributed by atoms with E-state index in [1.807, 2.05) is 40.7 Å². The summed E-state index contributed by atoms with van der Waals surface area (Å²) in [6, 6.07) is 1.97. The molecule has 0 saturated heterocycles. The number of nitrogens with one attached hydrogen (secondary N) is 1. The summed E-state index contributed by atoms with van der Waals surface area (Å²) in [4.78, 5) is 4.46. The Balaban J connectivity index is 2.18. The van der Waals surface area contributed by atoms with E-state index < -0.39 is 11.4 Å². The van der Waals surface area contributed by atoms with Crippen molar-refractivity contribution < 1.29 is 4.55 Å². The van der Waals surface area contributed by atoms with Gasteiger partial charge in [-0.3, -0.25) is 0 Å². The van der Waals surface area contributed by atoms with Crippen molar-refractivity contribution in [1.82, 2.24) is 19.5 Å². The van der Waals surface area contributed by atoms with Crippen LogP contribution in [0.25, 0.3) is 5.82 Å². The van der Waals surface area contributed by atoms with Crippen molar-refractivity contribution in [3.05, 3.63) is 40.8 Å². The third kappa shape index (κ3) is 4.01. The van der Waals surface area contributed by atoms with Gasteiger partial charge in [-0.15, -0.1) is 4.72 Å². The van der Waals surface area contributed by atoms with E-state index in [0.717, 1.165) is 16.9 Å². The van der Waals surface area contributed by atoms with E-state index in [1.54, 1.807) is 23.3 Å². The highest BCUT2D eigenvalue weighted by atomic mass is 35.5. The van der Waals surface area contributed by atoms with Crippen molar-refractivity contribution in [1.29, 1.82) is 0 Å². The SMILES string of the molecule is Cc1cc([C@@H](C)N[S+]([O-])C(C)(C)C)cnc1-n1cc(Cl)cn1. The molecule has 0 aromatic carbocycles. The first-order chi connectivity index (χ1) is 10.2. The first-order valence-corrected chi connectivity index (χ1v) is 8.56. The summed E-state index contributed by atoms with van der Waals surface area (Å²) < 4.78 is 16.6. The van der Waals surface area contributed by atoms with E-state index in [9.17, 15) is 4.55 Å². The predicted molar refractivity (Wildman–Crippen MR) is 90.6 cm³/mol. The number of aromatic nitrogens is 3. The van der Waals surface area contributed by atoms with E-state index in [2.05, 4.69) is 14.8 Å². The molecular weight excluding hydrogens is 320 g/mol. The van der Waals surface area contributed by atoms with Crippen molar-refractivity contribution in [3.8, 4) is 5.82 Å². The van der Waals surface area contributed by atoms with Crippen LogP contribution in [0.2, 0.25) is 5.02 Å². The number of rotatable bonds is 4. The van der Waals surface area contributed by atoms with Gasteiger partial charge in [0, 0.05) is 17.6 Å². The Bertz CT molecular complexity index is 653. The normalized spacial score (nSPS) is 14.9. The molecule has 0 aliphatic heterocycles. The minimum Gasteiger partial charge on any atom is -0.598 e. The lowest BCUT2D eigenvalue weighted by Crippen LogP contribution is -2.40. The van der Waals surface area contributed by atoms with Crippen LogP contribution in [0.1, 0.15) is 44.9 Å². The van der Waals surface area contributed by atoms with E-state index in [1.165, 1.54) is 0 Å². The maximum Gasteiger partial charge on any atom is 0.156 e. The Labute approximate surface area is 139 Å². The molecule has 22 heavy (non-hydrogen) atoms. The van der Waals surface area contributed by atoms with Gasteiger partial charge in [-0.1, -0.05) is 11.6 Å². The Hall–Kier alpha value is -1.08. The summed E-state index contributed by atoms with van der Waals surface area (Å²) in [6.07, 6.45) is 5.07. The molecule has 2 aromatic heterocycles. The molecule has 0 bridgehead atoms. The average molecular weight is 341 g/mol. The van der Waals surface area contributed by atoms with E-state index in [-0.39, 0.29) is 10.8 Å². The molecule has 2 heterocycles. The highest BCUT2D eigenvalue weighted by Gasteiger charge is 2.28. The zero-order valence-corrected chi connectivity index (χ0v) is 15.0. The molecule has 0 fully saturated rings. The minimum atomic E-state index is -1.13. The van der Waals surface area contributed by atoms with Gasteiger partial charge in [-0.05, 0) is 51.8 Å². The van der Waals surface area contributed by atoms with Crippen LogP contribution >= 0.6 is 11.6 Å². The molecule has 0 spiro atoms. The summed E-state index contributed by atoms with van der Waals surface area (Å²) in [5.41, 5.74) is 1.96. The van der Waals surface area contributed by atoms with Crippen LogP contribution in [0.15, 0.2) is 24.7 Å². The zero-order chi connectivity index (χ0) is 16.5. The number of nitrogens with zero attached hydrogens (tertiary/aromatic N) is 3. The van der Waals surface area contributed by atoms with Gasteiger partial charge in [0.05, 0.1) is 23.5 Å². The smallest absolute Gasteiger partial charge is 0.156 e.